The fraction of sp³-hybridized carbons (Fsp3) is 0.625. The zero-order chi connectivity index (χ0) is 16.9. The maximum atomic E-state index is 12.6. The number of carbonyl (C=O) groups is 1. The van der Waals surface area contributed by atoms with E-state index in [1.807, 2.05) is 24.1 Å². The van der Waals surface area contributed by atoms with Gasteiger partial charge in [0.05, 0.1) is 29.2 Å². The number of likely N-dealkylation sites (N-methyl/N-ethyl adjacent to an activating group) is 1. The van der Waals surface area contributed by atoms with Gasteiger partial charge in [-0.15, -0.1) is 0 Å². The summed E-state index contributed by atoms with van der Waals surface area (Å²) in [6.45, 7) is 1.81. The highest BCUT2D eigenvalue weighted by Gasteiger charge is 2.52. The van der Waals surface area contributed by atoms with Crippen molar-refractivity contribution in [1.29, 1.82) is 0 Å². The average molecular weight is 350 g/mol. The Labute approximate surface area is 142 Å². The van der Waals surface area contributed by atoms with E-state index in [4.69, 9.17) is 0 Å². The summed E-state index contributed by atoms with van der Waals surface area (Å²) < 4.78 is 26.8. The topological polar surface area (TPSA) is 73.8 Å². The zero-order valence-electron chi connectivity index (χ0n) is 13.8. The van der Waals surface area contributed by atoms with Crippen LogP contribution in [0.1, 0.15) is 19.3 Å². The van der Waals surface area contributed by atoms with Gasteiger partial charge in [-0.2, -0.15) is 4.31 Å². The van der Waals surface area contributed by atoms with Crippen LogP contribution < -0.4 is 4.90 Å². The van der Waals surface area contributed by atoms with Crippen molar-refractivity contribution >= 4 is 21.6 Å². The highest BCUT2D eigenvalue weighted by Crippen LogP contribution is 2.38. The maximum absolute atomic E-state index is 12.6. The molecule has 0 N–H and O–H groups in total. The van der Waals surface area contributed by atoms with Crippen LogP contribution in [0.2, 0.25) is 0 Å². The van der Waals surface area contributed by atoms with E-state index in [0.717, 1.165) is 24.9 Å². The molecule has 1 atom stereocenters. The quantitative estimate of drug-likeness (QED) is 0.784. The Balaban J connectivity index is 1.59. The first kappa shape index (κ1) is 16.0. The fourth-order valence-corrected chi connectivity index (χ4v) is 5.68. The molecule has 0 aromatic carbocycles. The van der Waals surface area contributed by atoms with Gasteiger partial charge in [-0.3, -0.25) is 14.7 Å². The molecule has 1 aliphatic carbocycles. The van der Waals surface area contributed by atoms with Gasteiger partial charge < -0.3 is 4.90 Å². The van der Waals surface area contributed by atoms with E-state index in [9.17, 15) is 13.2 Å². The Morgan fingerprint density at radius 2 is 2.08 bits per heavy atom. The minimum absolute atomic E-state index is 0.0274. The molecule has 130 valence electrons. The average Bonchev–Trinajstić information content (AvgIpc) is 3.34. The second-order valence-electron chi connectivity index (χ2n) is 7.10. The van der Waals surface area contributed by atoms with Gasteiger partial charge in [-0.05, 0) is 38.4 Å². The number of sulfonamides is 1. The molecular weight excluding hydrogens is 328 g/mol. The second kappa shape index (κ2) is 5.50. The number of amides is 1. The smallest absolute Gasteiger partial charge is 0.241 e. The Bertz CT molecular complexity index is 750. The summed E-state index contributed by atoms with van der Waals surface area (Å²) >= 11 is 0. The van der Waals surface area contributed by atoms with Crippen LogP contribution in [-0.2, 0) is 14.8 Å². The Morgan fingerprint density at radius 3 is 2.75 bits per heavy atom. The molecule has 3 aliphatic rings. The van der Waals surface area contributed by atoms with Crippen LogP contribution in [0.15, 0.2) is 24.5 Å². The number of rotatable bonds is 3. The molecule has 4 rings (SSSR count). The molecule has 1 aromatic heterocycles. The fourth-order valence-electron chi connectivity index (χ4n) is 3.76. The van der Waals surface area contributed by atoms with Crippen molar-refractivity contribution in [3.8, 4) is 0 Å². The van der Waals surface area contributed by atoms with E-state index in [1.54, 1.807) is 21.6 Å². The Kier molecular flexibility index (Phi) is 3.67. The molecule has 1 saturated carbocycles. The molecule has 24 heavy (non-hydrogen) atoms. The van der Waals surface area contributed by atoms with Crippen LogP contribution in [0.5, 0.6) is 0 Å². The molecule has 1 aromatic rings. The molecule has 2 saturated heterocycles. The van der Waals surface area contributed by atoms with Crippen molar-refractivity contribution in [1.82, 2.24) is 14.2 Å². The van der Waals surface area contributed by atoms with Crippen LogP contribution in [0.25, 0.3) is 0 Å². The normalized spacial score (nSPS) is 29.5. The molecular formula is C16H22N4O3S. The van der Waals surface area contributed by atoms with Gasteiger partial charge in [0.2, 0.25) is 15.9 Å². The molecule has 1 amide bonds. The number of nitrogens with zero attached hydrogens (tertiary/aromatic N) is 4. The van der Waals surface area contributed by atoms with Gasteiger partial charge >= 0.3 is 0 Å². The van der Waals surface area contributed by atoms with E-state index >= 15 is 0 Å². The van der Waals surface area contributed by atoms with Crippen molar-refractivity contribution in [2.24, 2.45) is 0 Å². The SMILES string of the molecule is CN1CC(=O)N(c2cccnc2)CC12CCN(S(=O)(=O)C1CC1)C2. The molecule has 0 radical (unpaired) electrons. The third kappa shape index (κ3) is 2.53. The lowest BCUT2D eigenvalue weighted by Crippen LogP contribution is -2.64. The minimum atomic E-state index is -3.17. The number of carbonyl (C=O) groups excluding carboxylic acids is 1. The summed E-state index contributed by atoms with van der Waals surface area (Å²) in [5.41, 5.74) is 0.463. The zero-order valence-corrected chi connectivity index (χ0v) is 14.6. The van der Waals surface area contributed by atoms with E-state index in [2.05, 4.69) is 4.98 Å². The summed E-state index contributed by atoms with van der Waals surface area (Å²) in [6, 6.07) is 3.68. The Morgan fingerprint density at radius 1 is 1.29 bits per heavy atom. The summed E-state index contributed by atoms with van der Waals surface area (Å²) in [5, 5.41) is -0.183. The molecule has 7 nitrogen and oxygen atoms in total. The standard InChI is InChI=1S/C16H22N4O3S/c1-18-10-15(21)20(13-3-2-7-17-9-13)12-16(18)6-8-19(11-16)24(22,23)14-4-5-14/h2-3,7,9,14H,4-6,8,10-12H2,1H3. The van der Waals surface area contributed by atoms with Crippen molar-refractivity contribution < 1.29 is 13.2 Å². The van der Waals surface area contributed by atoms with Gasteiger partial charge in [-0.25, -0.2) is 8.42 Å². The summed E-state index contributed by atoms with van der Waals surface area (Å²) in [7, 11) is -1.25. The van der Waals surface area contributed by atoms with Crippen LogP contribution in [0.4, 0.5) is 5.69 Å². The molecule has 3 heterocycles. The first-order chi connectivity index (χ1) is 11.4. The molecule has 1 unspecified atom stereocenters. The lowest BCUT2D eigenvalue weighted by molar-refractivity contribution is -0.123. The van der Waals surface area contributed by atoms with Crippen molar-refractivity contribution in [3.63, 3.8) is 0 Å². The summed E-state index contributed by atoms with van der Waals surface area (Å²) in [5.74, 6) is 0.0274. The molecule has 1 spiro atoms. The monoisotopic (exact) mass is 350 g/mol. The van der Waals surface area contributed by atoms with Gasteiger partial charge in [0.25, 0.3) is 0 Å². The summed E-state index contributed by atoms with van der Waals surface area (Å²) in [4.78, 5) is 20.3. The van der Waals surface area contributed by atoms with Crippen LogP contribution in [0, 0.1) is 0 Å². The van der Waals surface area contributed by atoms with Crippen molar-refractivity contribution in [2.45, 2.75) is 30.1 Å². The van der Waals surface area contributed by atoms with Crippen molar-refractivity contribution in [2.75, 3.05) is 38.1 Å². The number of hydrogen-bond donors (Lipinski definition) is 0. The first-order valence-electron chi connectivity index (χ1n) is 8.33. The lowest BCUT2D eigenvalue weighted by Gasteiger charge is -2.46. The number of pyridine rings is 1. The molecule has 3 fully saturated rings. The minimum Gasteiger partial charge on any atom is -0.308 e. The van der Waals surface area contributed by atoms with Gasteiger partial charge in [0.1, 0.15) is 0 Å². The molecule has 0 bridgehead atoms. The van der Waals surface area contributed by atoms with Crippen LogP contribution in [-0.4, -0.2) is 72.5 Å². The van der Waals surface area contributed by atoms with Crippen LogP contribution >= 0.6 is 0 Å². The number of aromatic nitrogens is 1. The van der Waals surface area contributed by atoms with Crippen LogP contribution in [0.3, 0.4) is 0 Å². The van der Waals surface area contributed by atoms with Gasteiger partial charge in [-0.1, -0.05) is 0 Å². The van der Waals surface area contributed by atoms with Gasteiger partial charge in [0, 0.05) is 25.8 Å². The number of piperazine rings is 1. The predicted molar refractivity (Wildman–Crippen MR) is 90.1 cm³/mol. The predicted octanol–water partition coefficient (Wildman–Crippen LogP) is 0.297. The second-order valence-corrected chi connectivity index (χ2v) is 9.31. The third-order valence-corrected chi connectivity index (χ3v) is 7.84. The molecule has 2 aliphatic heterocycles. The van der Waals surface area contributed by atoms with E-state index in [1.165, 1.54) is 0 Å². The van der Waals surface area contributed by atoms with E-state index in [-0.39, 0.29) is 16.7 Å². The third-order valence-electron chi connectivity index (χ3n) is 5.50. The van der Waals surface area contributed by atoms with Crippen molar-refractivity contribution in [3.05, 3.63) is 24.5 Å². The van der Waals surface area contributed by atoms with E-state index in [0.29, 0.717) is 26.2 Å². The van der Waals surface area contributed by atoms with Gasteiger partial charge in [0.15, 0.2) is 0 Å². The summed E-state index contributed by atoms with van der Waals surface area (Å²) in [6.07, 6.45) is 5.67. The largest absolute Gasteiger partial charge is 0.308 e. The first-order valence-corrected chi connectivity index (χ1v) is 9.83. The van der Waals surface area contributed by atoms with E-state index < -0.39 is 10.0 Å². The highest BCUT2D eigenvalue weighted by atomic mass is 32.2. The lowest BCUT2D eigenvalue weighted by atomic mass is 9.93. The molecule has 8 heteroatoms. The number of anilines is 1. The highest BCUT2D eigenvalue weighted by molar-refractivity contribution is 7.90. The number of hydrogen-bond acceptors (Lipinski definition) is 5. The maximum Gasteiger partial charge on any atom is 0.241 e. The Hall–Kier alpha value is -1.51.